The van der Waals surface area contributed by atoms with Gasteiger partial charge in [-0.25, -0.2) is 18.0 Å². The normalized spacial score (nSPS) is 11.4. The summed E-state index contributed by atoms with van der Waals surface area (Å²) < 4.78 is 48.7. The van der Waals surface area contributed by atoms with Crippen molar-refractivity contribution in [1.82, 2.24) is 0 Å². The summed E-state index contributed by atoms with van der Waals surface area (Å²) in [7, 11) is -4.70. The van der Waals surface area contributed by atoms with E-state index in [-0.39, 0.29) is 28.9 Å². The van der Waals surface area contributed by atoms with E-state index in [1.165, 1.54) is 18.2 Å². The highest BCUT2D eigenvalue weighted by Gasteiger charge is 2.21. The second-order valence-electron chi connectivity index (χ2n) is 7.39. The first kappa shape index (κ1) is 29.6. The van der Waals surface area contributed by atoms with Gasteiger partial charge in [-0.05, 0) is 160 Å². The molecule has 0 amide bonds. The lowest BCUT2D eigenvalue weighted by Gasteiger charge is -2.14. The summed E-state index contributed by atoms with van der Waals surface area (Å²) in [4.78, 5) is 26.0. The molecule has 13 heteroatoms. The summed E-state index contributed by atoms with van der Waals surface area (Å²) >= 11 is 9.80. The number of fused-ring (bicyclic) bond motifs is 1. The number of esters is 2. The van der Waals surface area contributed by atoms with E-state index < -0.39 is 22.1 Å². The molecular formula is C24H10I5O7S-. The summed E-state index contributed by atoms with van der Waals surface area (Å²) in [5, 5.41) is 1.19. The molecule has 0 aromatic heterocycles. The zero-order chi connectivity index (χ0) is 27.1. The topological polar surface area (TPSA) is 110 Å². The number of benzene rings is 4. The van der Waals surface area contributed by atoms with Crippen LogP contribution in [0.25, 0.3) is 10.8 Å². The van der Waals surface area contributed by atoms with Crippen LogP contribution in [0.3, 0.4) is 0 Å². The molecule has 0 radical (unpaired) electrons. The van der Waals surface area contributed by atoms with Gasteiger partial charge in [-0.1, -0.05) is 24.3 Å². The van der Waals surface area contributed by atoms with E-state index in [1.807, 2.05) is 12.1 Å². The lowest BCUT2D eigenvalue weighted by atomic mass is 10.0. The number of rotatable bonds is 5. The summed E-state index contributed by atoms with van der Waals surface area (Å²) in [5.41, 5.74) is 0.287. The van der Waals surface area contributed by atoms with Crippen LogP contribution in [-0.4, -0.2) is 24.9 Å². The van der Waals surface area contributed by atoms with Crippen molar-refractivity contribution in [2.75, 3.05) is 0 Å². The Bertz CT molecular complexity index is 1660. The average molecular weight is 1080 g/mol. The summed E-state index contributed by atoms with van der Waals surface area (Å²) in [6, 6.07) is 16.5. The third kappa shape index (κ3) is 6.87. The van der Waals surface area contributed by atoms with Crippen LogP contribution in [0.4, 0.5) is 0 Å². The first-order chi connectivity index (χ1) is 17.3. The molecule has 0 aliphatic heterocycles. The molecule has 4 aromatic carbocycles. The smallest absolute Gasteiger partial charge is 0.344 e. The van der Waals surface area contributed by atoms with Crippen LogP contribution < -0.4 is 9.47 Å². The van der Waals surface area contributed by atoms with E-state index in [0.717, 1.165) is 10.7 Å². The van der Waals surface area contributed by atoms with Crippen molar-refractivity contribution in [2.24, 2.45) is 0 Å². The monoisotopic (exact) mass is 1080 g/mol. The molecule has 0 bridgehead atoms. The fourth-order valence-corrected chi connectivity index (χ4v) is 11.1. The molecule has 0 saturated heterocycles. The van der Waals surface area contributed by atoms with Gasteiger partial charge in [0.15, 0.2) is 5.75 Å². The van der Waals surface area contributed by atoms with Gasteiger partial charge in [0, 0.05) is 10.7 Å². The second kappa shape index (κ2) is 12.0. The van der Waals surface area contributed by atoms with E-state index in [2.05, 4.69) is 67.8 Å². The third-order valence-corrected chi connectivity index (χ3v) is 10.5. The number of ether oxygens (including phenoxy) is 2. The van der Waals surface area contributed by atoms with Crippen molar-refractivity contribution in [3.05, 3.63) is 89.6 Å². The number of carbonyl (C=O) groups excluding carboxylic acids is 2. The van der Waals surface area contributed by atoms with E-state index in [4.69, 9.17) is 9.47 Å². The van der Waals surface area contributed by atoms with Gasteiger partial charge < -0.3 is 14.0 Å². The van der Waals surface area contributed by atoms with Gasteiger partial charge in [0.2, 0.25) is 0 Å². The molecule has 0 aliphatic rings. The molecule has 37 heavy (non-hydrogen) atoms. The molecule has 0 aliphatic carbocycles. The Kier molecular flexibility index (Phi) is 9.62. The highest BCUT2D eigenvalue weighted by molar-refractivity contribution is 14.1. The van der Waals surface area contributed by atoms with Crippen LogP contribution in [0.2, 0.25) is 0 Å². The maximum Gasteiger partial charge on any atom is 0.344 e. The molecule has 0 atom stereocenters. The molecule has 190 valence electrons. The predicted molar refractivity (Wildman–Crippen MR) is 178 cm³/mol. The van der Waals surface area contributed by atoms with Gasteiger partial charge >= 0.3 is 11.9 Å². The fraction of sp³-hybridized carbons (Fsp3) is 0. The van der Waals surface area contributed by atoms with Crippen molar-refractivity contribution >= 4 is 146 Å². The van der Waals surface area contributed by atoms with Crippen molar-refractivity contribution in [1.29, 1.82) is 0 Å². The van der Waals surface area contributed by atoms with Gasteiger partial charge in [0.1, 0.15) is 15.9 Å². The minimum Gasteiger partial charge on any atom is -0.744 e. The van der Waals surface area contributed by atoms with Gasteiger partial charge in [0.05, 0.1) is 23.2 Å². The quantitative estimate of drug-likeness (QED) is 0.0901. The Morgan fingerprint density at radius 2 is 1.32 bits per heavy atom. The third-order valence-electron chi connectivity index (χ3n) is 4.91. The van der Waals surface area contributed by atoms with Gasteiger partial charge in [-0.15, -0.1) is 0 Å². The minimum absolute atomic E-state index is 0.0613. The molecule has 0 unspecified atom stereocenters. The van der Waals surface area contributed by atoms with E-state index >= 15 is 0 Å². The van der Waals surface area contributed by atoms with Crippen LogP contribution >= 0.6 is 113 Å². The first-order valence-electron chi connectivity index (χ1n) is 9.92. The Hall–Kier alpha value is -0.360. The lowest BCUT2D eigenvalue weighted by Crippen LogP contribution is -2.14. The molecule has 0 saturated carbocycles. The number of hydrogen-bond donors (Lipinski definition) is 0. The maximum atomic E-state index is 13.2. The Balaban J connectivity index is 1.72. The minimum atomic E-state index is -4.70. The first-order valence-corrected chi connectivity index (χ1v) is 16.7. The Labute approximate surface area is 279 Å². The predicted octanol–water partition coefficient (Wildman–Crippen LogP) is 7.21. The van der Waals surface area contributed by atoms with E-state index in [0.29, 0.717) is 16.5 Å². The van der Waals surface area contributed by atoms with Crippen molar-refractivity contribution in [2.45, 2.75) is 4.90 Å². The van der Waals surface area contributed by atoms with E-state index in [9.17, 15) is 22.6 Å². The highest BCUT2D eigenvalue weighted by atomic mass is 127. The average Bonchev–Trinajstić information content (AvgIpc) is 2.79. The van der Waals surface area contributed by atoms with Crippen LogP contribution in [0.5, 0.6) is 11.5 Å². The van der Waals surface area contributed by atoms with Crippen LogP contribution in [0.1, 0.15) is 20.7 Å². The molecule has 0 fully saturated rings. The summed E-state index contributed by atoms with van der Waals surface area (Å²) in [6.07, 6.45) is 0. The van der Waals surface area contributed by atoms with Gasteiger partial charge in [-0.2, -0.15) is 0 Å². The molecule has 0 N–H and O–H groups in total. The lowest BCUT2D eigenvalue weighted by molar-refractivity contribution is 0.0732. The second-order valence-corrected chi connectivity index (χ2v) is 14.6. The molecule has 7 nitrogen and oxygen atoms in total. The van der Waals surface area contributed by atoms with Crippen LogP contribution in [0, 0.1) is 17.9 Å². The summed E-state index contributed by atoms with van der Waals surface area (Å²) in [5.74, 6) is -0.896. The molecule has 0 heterocycles. The van der Waals surface area contributed by atoms with Crippen molar-refractivity contribution in [3.8, 4) is 11.5 Å². The standard InChI is InChI=1S/C24H11I5O7S/c25-13-7-17(26)21(18(27)8-13)36-23(30)12-5-11-3-1-2-4-15(11)16(6-12)24(31)35-14-9-19(28)22(20(29)10-14)37(32,33)34/h1-10H,(H,32,33,34)/p-1. The fourth-order valence-electron chi connectivity index (χ4n) is 3.37. The Morgan fingerprint density at radius 3 is 1.92 bits per heavy atom. The maximum absolute atomic E-state index is 13.2. The largest absolute Gasteiger partial charge is 0.744 e. The van der Waals surface area contributed by atoms with Gasteiger partial charge in [-0.3, -0.25) is 0 Å². The molecular weight excluding hydrogens is 1070 g/mol. The van der Waals surface area contributed by atoms with Crippen LogP contribution in [-0.2, 0) is 10.1 Å². The zero-order valence-corrected chi connectivity index (χ0v) is 29.5. The van der Waals surface area contributed by atoms with Gasteiger partial charge in [0.25, 0.3) is 0 Å². The molecule has 4 rings (SSSR count). The zero-order valence-electron chi connectivity index (χ0n) is 17.9. The Morgan fingerprint density at radius 1 is 0.730 bits per heavy atom. The highest BCUT2D eigenvalue weighted by Crippen LogP contribution is 2.32. The summed E-state index contributed by atoms with van der Waals surface area (Å²) in [6.45, 7) is 0. The number of hydrogen-bond acceptors (Lipinski definition) is 7. The van der Waals surface area contributed by atoms with Crippen molar-refractivity contribution in [3.63, 3.8) is 0 Å². The van der Waals surface area contributed by atoms with Crippen molar-refractivity contribution < 1.29 is 32.0 Å². The SMILES string of the molecule is O=C(Oc1c(I)cc(I)cc1I)c1cc(C(=O)Oc2cc(I)c(S(=O)(=O)[O-])c(I)c2)c2ccccc2c1. The van der Waals surface area contributed by atoms with E-state index in [1.54, 1.807) is 75.5 Å². The molecule has 0 spiro atoms. The number of halogens is 5. The number of carbonyl (C=O) groups is 2. The molecule has 4 aromatic rings. The van der Waals surface area contributed by atoms with Crippen LogP contribution in [0.15, 0.2) is 65.6 Å².